The molecule has 0 aromatic rings. The second-order valence-corrected chi connectivity index (χ2v) is 4.27. The molecule has 0 amide bonds. The summed E-state index contributed by atoms with van der Waals surface area (Å²) in [5, 5.41) is 0. The molecular formula is C8H16ClNS. The van der Waals surface area contributed by atoms with Crippen LogP contribution in [0.5, 0.6) is 0 Å². The largest absolute Gasteiger partial charge is 0.298 e. The van der Waals surface area contributed by atoms with E-state index in [-0.39, 0.29) is 0 Å². The van der Waals surface area contributed by atoms with Gasteiger partial charge in [-0.2, -0.15) is 11.8 Å². The zero-order chi connectivity index (χ0) is 8.10. The highest BCUT2D eigenvalue weighted by molar-refractivity contribution is 7.98. The van der Waals surface area contributed by atoms with E-state index in [1.54, 1.807) is 0 Å². The first kappa shape index (κ1) is 9.69. The first-order valence-corrected chi connectivity index (χ1v) is 6.10. The number of alkyl halides is 1. The summed E-state index contributed by atoms with van der Waals surface area (Å²) in [6, 6.07) is 0.670. The molecular weight excluding hydrogens is 178 g/mol. The molecule has 1 heterocycles. The first-order valence-electron chi connectivity index (χ1n) is 4.17. The van der Waals surface area contributed by atoms with Crippen LogP contribution in [-0.2, 0) is 0 Å². The van der Waals surface area contributed by atoms with E-state index < -0.39 is 0 Å². The zero-order valence-corrected chi connectivity index (χ0v) is 8.63. The Labute approximate surface area is 78.5 Å². The molecule has 11 heavy (non-hydrogen) atoms. The van der Waals surface area contributed by atoms with E-state index in [2.05, 4.69) is 11.2 Å². The van der Waals surface area contributed by atoms with E-state index in [0.717, 1.165) is 5.88 Å². The van der Waals surface area contributed by atoms with Crippen molar-refractivity contribution in [2.24, 2.45) is 0 Å². The Bertz CT molecular complexity index is 110. The SMILES string of the molecule is CSCCN1CCCC1CCl. The van der Waals surface area contributed by atoms with Crippen LogP contribution in [0.4, 0.5) is 0 Å². The fourth-order valence-corrected chi connectivity index (χ4v) is 2.34. The van der Waals surface area contributed by atoms with Crippen LogP contribution in [-0.4, -0.2) is 41.9 Å². The normalized spacial score (nSPS) is 26.2. The fourth-order valence-electron chi connectivity index (χ4n) is 1.57. The fraction of sp³-hybridized carbons (Fsp3) is 1.00. The minimum absolute atomic E-state index is 0.670. The van der Waals surface area contributed by atoms with Gasteiger partial charge in [-0.3, -0.25) is 4.90 Å². The van der Waals surface area contributed by atoms with Gasteiger partial charge in [0.05, 0.1) is 0 Å². The van der Waals surface area contributed by atoms with Gasteiger partial charge < -0.3 is 0 Å². The third-order valence-electron chi connectivity index (χ3n) is 2.26. The molecule has 1 aliphatic rings. The summed E-state index contributed by atoms with van der Waals surface area (Å²) < 4.78 is 0. The van der Waals surface area contributed by atoms with Crippen LogP contribution in [0.15, 0.2) is 0 Å². The molecule has 0 bridgehead atoms. The summed E-state index contributed by atoms with van der Waals surface area (Å²) in [6.07, 6.45) is 4.80. The van der Waals surface area contributed by atoms with Crippen LogP contribution in [0.1, 0.15) is 12.8 Å². The van der Waals surface area contributed by atoms with Gasteiger partial charge in [0.25, 0.3) is 0 Å². The minimum Gasteiger partial charge on any atom is -0.298 e. The van der Waals surface area contributed by atoms with Gasteiger partial charge >= 0.3 is 0 Å². The summed E-state index contributed by atoms with van der Waals surface area (Å²) >= 11 is 7.75. The predicted molar refractivity (Wildman–Crippen MR) is 53.7 cm³/mol. The molecule has 1 nitrogen and oxygen atoms in total. The van der Waals surface area contributed by atoms with Crippen molar-refractivity contribution in [3.63, 3.8) is 0 Å². The number of nitrogens with zero attached hydrogens (tertiary/aromatic N) is 1. The lowest BCUT2D eigenvalue weighted by Gasteiger charge is -2.21. The maximum Gasteiger partial charge on any atom is 0.0379 e. The Morgan fingerprint density at radius 1 is 1.64 bits per heavy atom. The second-order valence-electron chi connectivity index (χ2n) is 2.98. The van der Waals surface area contributed by atoms with Crippen molar-refractivity contribution in [3.05, 3.63) is 0 Å². The summed E-state index contributed by atoms with van der Waals surface area (Å²) in [7, 11) is 0. The molecule has 66 valence electrons. The lowest BCUT2D eigenvalue weighted by Crippen LogP contribution is -2.32. The monoisotopic (exact) mass is 193 g/mol. The first-order chi connectivity index (χ1) is 5.38. The van der Waals surface area contributed by atoms with Gasteiger partial charge in [0, 0.05) is 24.2 Å². The van der Waals surface area contributed by atoms with E-state index >= 15 is 0 Å². The van der Waals surface area contributed by atoms with Gasteiger partial charge in [-0.1, -0.05) is 0 Å². The van der Waals surface area contributed by atoms with Crippen LogP contribution in [0.2, 0.25) is 0 Å². The molecule has 1 atom stereocenters. The molecule has 1 aliphatic heterocycles. The third-order valence-corrected chi connectivity index (χ3v) is 3.21. The Kier molecular flexibility index (Phi) is 4.65. The van der Waals surface area contributed by atoms with Crippen molar-refractivity contribution in [2.75, 3.05) is 31.0 Å². The second kappa shape index (κ2) is 5.28. The number of likely N-dealkylation sites (tertiary alicyclic amines) is 1. The average molecular weight is 194 g/mol. The zero-order valence-electron chi connectivity index (χ0n) is 7.05. The average Bonchev–Trinajstić information content (AvgIpc) is 2.47. The van der Waals surface area contributed by atoms with Crippen LogP contribution in [0.3, 0.4) is 0 Å². The maximum absolute atomic E-state index is 5.83. The molecule has 0 saturated carbocycles. The van der Waals surface area contributed by atoms with Gasteiger partial charge in [-0.15, -0.1) is 11.6 Å². The molecule has 0 aliphatic carbocycles. The van der Waals surface area contributed by atoms with E-state index in [4.69, 9.17) is 11.6 Å². The molecule has 0 radical (unpaired) electrons. The van der Waals surface area contributed by atoms with E-state index in [1.165, 1.54) is 31.7 Å². The van der Waals surface area contributed by atoms with Crippen molar-refractivity contribution in [1.82, 2.24) is 4.90 Å². The van der Waals surface area contributed by atoms with E-state index in [0.29, 0.717) is 6.04 Å². The lowest BCUT2D eigenvalue weighted by molar-refractivity contribution is 0.289. The standard InChI is InChI=1S/C8H16ClNS/c1-11-6-5-10-4-2-3-8(10)7-9/h8H,2-7H2,1H3. The molecule has 1 unspecified atom stereocenters. The van der Waals surface area contributed by atoms with Crippen molar-refractivity contribution in [3.8, 4) is 0 Å². The highest BCUT2D eigenvalue weighted by atomic mass is 35.5. The number of hydrogen-bond acceptors (Lipinski definition) is 2. The van der Waals surface area contributed by atoms with Gasteiger partial charge in [-0.05, 0) is 25.6 Å². The molecule has 0 N–H and O–H groups in total. The molecule has 1 fully saturated rings. The van der Waals surface area contributed by atoms with E-state index in [1.807, 2.05) is 11.8 Å². The summed E-state index contributed by atoms with van der Waals surface area (Å²) in [5.41, 5.74) is 0. The van der Waals surface area contributed by atoms with Gasteiger partial charge in [-0.25, -0.2) is 0 Å². The van der Waals surface area contributed by atoms with Gasteiger partial charge in [0.1, 0.15) is 0 Å². The van der Waals surface area contributed by atoms with Gasteiger partial charge in [0.2, 0.25) is 0 Å². The molecule has 1 rings (SSSR count). The van der Waals surface area contributed by atoms with Crippen molar-refractivity contribution in [1.29, 1.82) is 0 Å². The highest BCUT2D eigenvalue weighted by Gasteiger charge is 2.22. The highest BCUT2D eigenvalue weighted by Crippen LogP contribution is 2.18. The smallest absolute Gasteiger partial charge is 0.0379 e. The Morgan fingerprint density at radius 2 is 2.45 bits per heavy atom. The third kappa shape index (κ3) is 2.85. The topological polar surface area (TPSA) is 3.24 Å². The number of rotatable bonds is 4. The summed E-state index contributed by atoms with van der Waals surface area (Å²) in [4.78, 5) is 2.52. The lowest BCUT2D eigenvalue weighted by atomic mass is 10.2. The van der Waals surface area contributed by atoms with Gasteiger partial charge in [0.15, 0.2) is 0 Å². The number of thioether (sulfide) groups is 1. The van der Waals surface area contributed by atoms with Crippen molar-refractivity contribution in [2.45, 2.75) is 18.9 Å². The number of halogens is 1. The predicted octanol–water partition coefficient (Wildman–Crippen LogP) is 2.05. The van der Waals surface area contributed by atoms with Crippen LogP contribution >= 0.6 is 23.4 Å². The summed E-state index contributed by atoms with van der Waals surface area (Å²) in [6.45, 7) is 2.48. The van der Waals surface area contributed by atoms with Crippen molar-refractivity contribution < 1.29 is 0 Å². The maximum atomic E-state index is 5.83. The van der Waals surface area contributed by atoms with Crippen LogP contribution < -0.4 is 0 Å². The van der Waals surface area contributed by atoms with Crippen LogP contribution in [0.25, 0.3) is 0 Å². The number of hydrogen-bond donors (Lipinski definition) is 0. The van der Waals surface area contributed by atoms with Crippen LogP contribution in [0, 0.1) is 0 Å². The molecule has 3 heteroatoms. The Morgan fingerprint density at radius 3 is 3.09 bits per heavy atom. The van der Waals surface area contributed by atoms with E-state index in [9.17, 15) is 0 Å². The minimum atomic E-state index is 0.670. The molecule has 0 spiro atoms. The molecule has 0 aromatic carbocycles. The Hall–Kier alpha value is 0.600. The molecule has 0 aromatic heterocycles. The quantitative estimate of drug-likeness (QED) is 0.629. The Balaban J connectivity index is 2.20. The summed E-state index contributed by atoms with van der Waals surface area (Å²) in [5.74, 6) is 2.06. The molecule has 1 saturated heterocycles. The van der Waals surface area contributed by atoms with Crippen molar-refractivity contribution >= 4 is 23.4 Å².